The lowest BCUT2D eigenvalue weighted by Gasteiger charge is -2.37. The molecule has 3 fully saturated rings. The van der Waals surface area contributed by atoms with E-state index in [1.165, 1.54) is 4.90 Å². The van der Waals surface area contributed by atoms with Crippen molar-refractivity contribution in [2.75, 3.05) is 6.61 Å². The number of aliphatic hydroxyl groups is 1. The molecule has 0 aromatic heterocycles. The first-order valence-electron chi connectivity index (χ1n) is 14.6. The summed E-state index contributed by atoms with van der Waals surface area (Å²) in [5.41, 5.74) is 0.456. The quantitative estimate of drug-likeness (QED) is 0.368. The van der Waals surface area contributed by atoms with Crippen LogP contribution in [-0.2, 0) is 32.2 Å². The Morgan fingerprint density at radius 1 is 0.905 bits per heavy atom. The number of carbonyl (C=O) groups is 3. The van der Waals surface area contributed by atoms with Crippen LogP contribution >= 0.6 is 0 Å². The van der Waals surface area contributed by atoms with E-state index in [2.05, 4.69) is 10.6 Å². The number of aliphatic hydroxyl groups excluding tert-OH is 1. The number of likely N-dealkylation sites (tertiary alicyclic amines) is 1. The van der Waals surface area contributed by atoms with Crippen molar-refractivity contribution >= 4 is 17.7 Å². The van der Waals surface area contributed by atoms with E-state index in [4.69, 9.17) is 4.74 Å². The van der Waals surface area contributed by atoms with Crippen LogP contribution in [0.3, 0.4) is 0 Å². The molecule has 1 spiro atoms. The molecule has 218 valence electrons. The maximum absolute atomic E-state index is 14.5. The standard InChI is InChI=1S/C34H37N3O5/c1-22-18-34-28(27(33(22,2)42-34)30(39)35-19-23-12-6-3-7-13-23)32(41)37(26(21-38)25-16-10-5-11-17-25)29(34)31(40)36-20-24-14-8-4-9-15-24/h3-17,22,26-29,38H,18-21H2,1-2H3,(H,35,39)(H,36,40)/t22?,26-,27-,28+,29?,33+,34?/m1/s1. The molecular formula is C34H37N3O5. The van der Waals surface area contributed by atoms with Gasteiger partial charge in [-0.2, -0.15) is 0 Å². The Hall–Kier alpha value is -4.01. The summed E-state index contributed by atoms with van der Waals surface area (Å²) < 4.78 is 6.82. The van der Waals surface area contributed by atoms with E-state index in [9.17, 15) is 19.5 Å². The van der Waals surface area contributed by atoms with Crippen molar-refractivity contribution in [1.29, 1.82) is 0 Å². The molecule has 3 amide bonds. The fourth-order valence-corrected chi connectivity index (χ4v) is 7.52. The van der Waals surface area contributed by atoms with Crippen LogP contribution < -0.4 is 10.6 Å². The highest BCUT2D eigenvalue weighted by molar-refractivity contribution is 5.99. The Morgan fingerprint density at radius 2 is 1.43 bits per heavy atom. The highest BCUT2D eigenvalue weighted by Gasteiger charge is 2.80. The molecule has 7 atom stereocenters. The Bertz CT molecular complexity index is 1450. The summed E-state index contributed by atoms with van der Waals surface area (Å²) in [4.78, 5) is 44.2. The van der Waals surface area contributed by atoms with Gasteiger partial charge in [-0.15, -0.1) is 0 Å². The maximum atomic E-state index is 14.5. The van der Waals surface area contributed by atoms with Crippen LogP contribution in [0.15, 0.2) is 91.0 Å². The number of benzene rings is 3. The van der Waals surface area contributed by atoms with Crippen molar-refractivity contribution in [3.05, 3.63) is 108 Å². The van der Waals surface area contributed by atoms with Gasteiger partial charge in [0.1, 0.15) is 11.6 Å². The van der Waals surface area contributed by atoms with Gasteiger partial charge < -0.3 is 25.4 Å². The molecule has 3 aliphatic heterocycles. The number of amides is 3. The first-order valence-corrected chi connectivity index (χ1v) is 14.6. The van der Waals surface area contributed by atoms with Crippen LogP contribution in [0.1, 0.15) is 43.0 Å². The van der Waals surface area contributed by atoms with Gasteiger partial charge in [-0.3, -0.25) is 14.4 Å². The monoisotopic (exact) mass is 567 g/mol. The third-order valence-corrected chi connectivity index (χ3v) is 9.60. The molecule has 6 rings (SSSR count). The minimum absolute atomic E-state index is 0.0808. The highest BCUT2D eigenvalue weighted by atomic mass is 16.5. The van der Waals surface area contributed by atoms with Gasteiger partial charge >= 0.3 is 0 Å². The van der Waals surface area contributed by atoms with E-state index in [-0.39, 0.29) is 36.8 Å². The van der Waals surface area contributed by atoms with E-state index < -0.39 is 35.1 Å². The van der Waals surface area contributed by atoms with Gasteiger partial charge in [-0.25, -0.2) is 0 Å². The Labute approximate surface area is 246 Å². The van der Waals surface area contributed by atoms with Gasteiger partial charge in [0.25, 0.3) is 0 Å². The van der Waals surface area contributed by atoms with Crippen LogP contribution in [0, 0.1) is 17.8 Å². The number of rotatable bonds is 9. The van der Waals surface area contributed by atoms with Crippen molar-refractivity contribution in [3.63, 3.8) is 0 Å². The second-order valence-electron chi connectivity index (χ2n) is 12.0. The lowest BCUT2D eigenvalue weighted by atomic mass is 9.62. The average molecular weight is 568 g/mol. The third kappa shape index (κ3) is 4.50. The summed E-state index contributed by atoms with van der Waals surface area (Å²) in [6.45, 7) is 4.15. The molecule has 3 heterocycles. The zero-order valence-electron chi connectivity index (χ0n) is 23.9. The number of nitrogens with zero attached hydrogens (tertiary/aromatic N) is 1. The normalized spacial score (nSPS) is 30.2. The largest absolute Gasteiger partial charge is 0.394 e. The number of ether oxygens (including phenoxy) is 1. The predicted molar refractivity (Wildman–Crippen MR) is 156 cm³/mol. The molecule has 0 aliphatic carbocycles. The van der Waals surface area contributed by atoms with Gasteiger partial charge in [0.15, 0.2) is 0 Å². The summed E-state index contributed by atoms with van der Waals surface area (Å²) in [6, 6.07) is 26.6. The van der Waals surface area contributed by atoms with Gasteiger partial charge in [-0.05, 0) is 36.0 Å². The summed E-state index contributed by atoms with van der Waals surface area (Å²) in [5.74, 6) is -2.69. The Morgan fingerprint density at radius 3 is 1.98 bits per heavy atom. The van der Waals surface area contributed by atoms with Gasteiger partial charge in [0, 0.05) is 13.1 Å². The zero-order valence-corrected chi connectivity index (χ0v) is 23.9. The highest BCUT2D eigenvalue weighted by Crippen LogP contribution is 2.65. The molecule has 42 heavy (non-hydrogen) atoms. The number of hydrogen-bond acceptors (Lipinski definition) is 5. The molecule has 8 nitrogen and oxygen atoms in total. The number of nitrogens with one attached hydrogen (secondary N) is 2. The molecule has 2 bridgehead atoms. The first-order chi connectivity index (χ1) is 20.3. The minimum Gasteiger partial charge on any atom is -0.394 e. The third-order valence-electron chi connectivity index (χ3n) is 9.60. The van der Waals surface area contributed by atoms with E-state index in [1.807, 2.05) is 105 Å². The average Bonchev–Trinajstić information content (AvgIpc) is 3.53. The van der Waals surface area contributed by atoms with Crippen LogP contribution in [0.25, 0.3) is 0 Å². The Kier molecular flexibility index (Phi) is 7.37. The Balaban J connectivity index is 1.38. The summed E-state index contributed by atoms with van der Waals surface area (Å²) in [7, 11) is 0. The SMILES string of the molecule is CC1CC23O[C@]1(C)[C@@H](C(=O)NCc1ccccc1)[C@H]2C(=O)N([C@H](CO)c1ccccc1)C3C(=O)NCc1ccccc1. The molecule has 3 unspecified atom stereocenters. The predicted octanol–water partition coefficient (Wildman–Crippen LogP) is 3.36. The van der Waals surface area contributed by atoms with E-state index in [1.54, 1.807) is 0 Å². The zero-order chi connectivity index (χ0) is 29.5. The molecule has 0 saturated carbocycles. The van der Waals surface area contributed by atoms with Crippen molar-refractivity contribution in [1.82, 2.24) is 15.5 Å². The summed E-state index contributed by atoms with van der Waals surface area (Å²) in [6.07, 6.45) is 0.454. The van der Waals surface area contributed by atoms with E-state index in [0.717, 1.165) is 11.1 Å². The molecule has 0 radical (unpaired) electrons. The van der Waals surface area contributed by atoms with E-state index in [0.29, 0.717) is 18.5 Å². The molecule has 3 aliphatic rings. The molecule has 3 aromatic carbocycles. The topological polar surface area (TPSA) is 108 Å². The molecule has 8 heteroatoms. The lowest BCUT2D eigenvalue weighted by molar-refractivity contribution is -0.151. The second-order valence-corrected chi connectivity index (χ2v) is 12.0. The van der Waals surface area contributed by atoms with Gasteiger partial charge in [0.2, 0.25) is 17.7 Å². The smallest absolute Gasteiger partial charge is 0.246 e. The van der Waals surface area contributed by atoms with Crippen LogP contribution in [0.2, 0.25) is 0 Å². The van der Waals surface area contributed by atoms with Crippen LogP contribution in [0.5, 0.6) is 0 Å². The lowest BCUT2D eigenvalue weighted by Crippen LogP contribution is -2.56. The van der Waals surface area contributed by atoms with Crippen LogP contribution in [-0.4, -0.2) is 51.6 Å². The van der Waals surface area contributed by atoms with Crippen molar-refractivity contribution in [2.45, 2.75) is 56.6 Å². The van der Waals surface area contributed by atoms with Gasteiger partial charge in [-0.1, -0.05) is 97.9 Å². The van der Waals surface area contributed by atoms with Crippen molar-refractivity contribution < 1.29 is 24.2 Å². The molecule has 3 N–H and O–H groups in total. The maximum Gasteiger partial charge on any atom is 0.246 e. The summed E-state index contributed by atoms with van der Waals surface area (Å²) in [5, 5.41) is 16.7. The number of fused-ring (bicyclic) bond motifs is 1. The molecule has 3 saturated heterocycles. The minimum atomic E-state index is -1.21. The fraction of sp³-hybridized carbons (Fsp3) is 0.382. The van der Waals surface area contributed by atoms with Crippen LogP contribution in [0.4, 0.5) is 0 Å². The van der Waals surface area contributed by atoms with Gasteiger partial charge in [0.05, 0.1) is 30.1 Å². The number of carbonyl (C=O) groups excluding carboxylic acids is 3. The molecule has 3 aromatic rings. The van der Waals surface area contributed by atoms with Crippen molar-refractivity contribution in [2.24, 2.45) is 17.8 Å². The number of hydrogen-bond donors (Lipinski definition) is 3. The van der Waals surface area contributed by atoms with E-state index >= 15 is 0 Å². The summed E-state index contributed by atoms with van der Waals surface area (Å²) >= 11 is 0. The first kappa shape index (κ1) is 28.1. The second kappa shape index (κ2) is 11.0. The van der Waals surface area contributed by atoms with Crippen molar-refractivity contribution in [3.8, 4) is 0 Å². The fourth-order valence-electron chi connectivity index (χ4n) is 7.52. The molecular weight excluding hydrogens is 530 g/mol.